The molecule has 0 aliphatic carbocycles. The van der Waals surface area contributed by atoms with Crippen LogP contribution in [-0.2, 0) is 41.7 Å². The molecule has 54 heavy (non-hydrogen) atoms. The van der Waals surface area contributed by atoms with Gasteiger partial charge in [0.1, 0.15) is 30.0 Å². The fraction of sp³-hybridized carbons (Fsp3) is 0.385. The van der Waals surface area contributed by atoms with Gasteiger partial charge in [-0.3, -0.25) is 34.1 Å². The molecule has 0 aromatic heterocycles. The number of likely N-dealkylation sites (tertiary alicyclic amines) is 1. The molecule has 0 saturated carbocycles. The summed E-state index contributed by atoms with van der Waals surface area (Å²) in [6, 6.07) is 21.2. The lowest BCUT2D eigenvalue weighted by Crippen LogP contribution is -2.60. The minimum atomic E-state index is -1.99. The molecular weight excluding hydrogens is 696 g/mol. The number of carbonyl (C=O) groups excluding carboxylic acids is 6. The smallest absolute Gasteiger partial charge is 0.410 e. The first kappa shape index (κ1) is 40.8. The molecule has 6 amide bonds. The standard InChI is InChI=1S/C39H48N6O9/c1-25(28-14-9-6-10-15-28)41-34(47)30(22-26-17-19-29(20-18-26)53-24-27-12-7-5-8-13-27)42-36(49)33(37(50)44-52)43-32(46)23-40-35(48)31-16-11-21-45(31)38(51)54-39(2,3)4/h5-10,12-15,17-20,25,30-31,33,52H,11,16,21-24H2,1-4H3,(H,40,48)(H,41,47)(H,42,49)(H,43,46)(H,44,50)/t25-,30+,31+,33?/m1/s1. The van der Waals surface area contributed by atoms with E-state index in [0.29, 0.717) is 37.3 Å². The van der Waals surface area contributed by atoms with E-state index in [2.05, 4.69) is 21.3 Å². The zero-order valence-corrected chi connectivity index (χ0v) is 30.8. The van der Waals surface area contributed by atoms with E-state index in [9.17, 15) is 34.0 Å². The van der Waals surface area contributed by atoms with Crippen molar-refractivity contribution in [3.8, 4) is 5.75 Å². The minimum absolute atomic E-state index is 0.00888. The Morgan fingerprint density at radius 2 is 1.46 bits per heavy atom. The lowest BCUT2D eigenvalue weighted by Gasteiger charge is -2.28. The van der Waals surface area contributed by atoms with Crippen LogP contribution in [0.3, 0.4) is 0 Å². The summed E-state index contributed by atoms with van der Waals surface area (Å²) in [5, 5.41) is 19.5. The Kier molecular flexibility index (Phi) is 14.5. The highest BCUT2D eigenvalue weighted by Crippen LogP contribution is 2.21. The SMILES string of the molecule is C[C@@H](NC(=O)[C@H](Cc1ccc(OCc2ccccc2)cc1)NC(=O)C(NC(=O)CNC(=O)[C@@H]1CCCN1C(=O)OC(C)(C)C)C(=O)NO)c1ccccc1. The summed E-state index contributed by atoms with van der Waals surface area (Å²) in [7, 11) is 0. The van der Waals surface area contributed by atoms with Crippen molar-refractivity contribution in [2.75, 3.05) is 13.1 Å². The highest BCUT2D eigenvalue weighted by atomic mass is 16.6. The van der Waals surface area contributed by atoms with E-state index in [0.717, 1.165) is 11.1 Å². The Morgan fingerprint density at radius 1 is 0.815 bits per heavy atom. The van der Waals surface area contributed by atoms with Gasteiger partial charge in [0.05, 0.1) is 12.6 Å². The number of hydrogen-bond acceptors (Lipinski definition) is 9. The Morgan fingerprint density at radius 3 is 2.09 bits per heavy atom. The summed E-state index contributed by atoms with van der Waals surface area (Å²) in [6.07, 6.45) is 0.226. The normalized spacial score (nSPS) is 15.5. The van der Waals surface area contributed by atoms with Crippen molar-refractivity contribution in [2.45, 2.75) is 83.3 Å². The molecular formula is C39H48N6O9. The maximum absolute atomic E-state index is 13.7. The molecule has 1 aliphatic rings. The first-order valence-electron chi connectivity index (χ1n) is 17.7. The van der Waals surface area contributed by atoms with Crippen molar-refractivity contribution in [1.29, 1.82) is 0 Å². The lowest BCUT2D eigenvalue weighted by molar-refractivity contribution is -0.142. The predicted molar refractivity (Wildman–Crippen MR) is 197 cm³/mol. The number of ether oxygens (including phenoxy) is 2. The summed E-state index contributed by atoms with van der Waals surface area (Å²) in [4.78, 5) is 79.6. The average Bonchev–Trinajstić information content (AvgIpc) is 3.66. The molecule has 1 aliphatic heterocycles. The van der Waals surface area contributed by atoms with E-state index in [1.54, 1.807) is 52.0 Å². The molecule has 288 valence electrons. The van der Waals surface area contributed by atoms with Crippen molar-refractivity contribution in [2.24, 2.45) is 0 Å². The maximum Gasteiger partial charge on any atom is 0.410 e. The van der Waals surface area contributed by atoms with E-state index in [1.807, 2.05) is 60.7 Å². The van der Waals surface area contributed by atoms with Crippen LogP contribution >= 0.6 is 0 Å². The highest BCUT2D eigenvalue weighted by Gasteiger charge is 2.37. The molecule has 1 unspecified atom stereocenters. The van der Waals surface area contributed by atoms with Crippen LogP contribution in [-0.4, -0.2) is 82.6 Å². The second-order valence-corrected chi connectivity index (χ2v) is 13.9. The third-order valence-electron chi connectivity index (χ3n) is 8.45. The van der Waals surface area contributed by atoms with Crippen molar-refractivity contribution in [3.05, 3.63) is 102 Å². The summed E-state index contributed by atoms with van der Waals surface area (Å²) in [5.74, 6) is -3.93. The van der Waals surface area contributed by atoms with Gasteiger partial charge in [-0.1, -0.05) is 72.8 Å². The number of hydroxylamine groups is 1. The highest BCUT2D eigenvalue weighted by molar-refractivity contribution is 6.08. The van der Waals surface area contributed by atoms with Gasteiger partial charge in [0.15, 0.2) is 6.04 Å². The van der Waals surface area contributed by atoms with Crippen LogP contribution in [0.2, 0.25) is 0 Å². The largest absolute Gasteiger partial charge is 0.489 e. The molecule has 6 N–H and O–H groups in total. The molecule has 0 radical (unpaired) electrons. The zero-order valence-electron chi connectivity index (χ0n) is 30.8. The zero-order chi connectivity index (χ0) is 39.3. The van der Waals surface area contributed by atoms with E-state index >= 15 is 0 Å². The van der Waals surface area contributed by atoms with Crippen molar-refractivity contribution in [1.82, 2.24) is 31.6 Å². The van der Waals surface area contributed by atoms with Gasteiger partial charge >= 0.3 is 6.09 Å². The molecule has 0 bridgehead atoms. The Balaban J connectivity index is 1.42. The van der Waals surface area contributed by atoms with Gasteiger partial charge in [0.25, 0.3) is 11.8 Å². The van der Waals surface area contributed by atoms with Crippen LogP contribution < -0.4 is 31.5 Å². The number of amides is 6. The molecule has 1 saturated heterocycles. The summed E-state index contributed by atoms with van der Waals surface area (Å²) < 4.78 is 11.2. The van der Waals surface area contributed by atoms with E-state index in [4.69, 9.17) is 9.47 Å². The molecule has 1 heterocycles. The molecule has 1 fully saturated rings. The van der Waals surface area contributed by atoms with E-state index in [-0.39, 0.29) is 6.42 Å². The number of nitrogens with one attached hydrogen (secondary N) is 5. The number of carbonyl (C=O) groups is 6. The first-order chi connectivity index (χ1) is 25.7. The number of nitrogens with zero attached hydrogens (tertiary/aromatic N) is 1. The third-order valence-corrected chi connectivity index (χ3v) is 8.45. The molecule has 15 heteroatoms. The summed E-state index contributed by atoms with van der Waals surface area (Å²) in [5.41, 5.74) is 3.04. The van der Waals surface area contributed by atoms with Gasteiger partial charge in [-0.05, 0) is 69.4 Å². The van der Waals surface area contributed by atoms with Crippen molar-refractivity contribution in [3.63, 3.8) is 0 Å². The van der Waals surface area contributed by atoms with Gasteiger partial charge in [0, 0.05) is 13.0 Å². The second-order valence-electron chi connectivity index (χ2n) is 13.9. The number of hydrogen-bond donors (Lipinski definition) is 6. The fourth-order valence-electron chi connectivity index (χ4n) is 5.69. The van der Waals surface area contributed by atoms with Crippen LogP contribution in [0.25, 0.3) is 0 Å². The van der Waals surface area contributed by atoms with E-state index in [1.165, 1.54) is 10.4 Å². The quantitative estimate of drug-likeness (QED) is 0.0768. The van der Waals surface area contributed by atoms with Gasteiger partial charge < -0.3 is 30.7 Å². The average molecular weight is 745 g/mol. The molecule has 0 spiro atoms. The van der Waals surface area contributed by atoms with Gasteiger partial charge in [0.2, 0.25) is 17.7 Å². The molecule has 4 rings (SSSR count). The maximum atomic E-state index is 13.7. The molecule has 15 nitrogen and oxygen atoms in total. The summed E-state index contributed by atoms with van der Waals surface area (Å²) >= 11 is 0. The van der Waals surface area contributed by atoms with Crippen LogP contribution in [0.1, 0.15) is 63.3 Å². The number of benzene rings is 3. The monoisotopic (exact) mass is 744 g/mol. The van der Waals surface area contributed by atoms with Crippen molar-refractivity contribution < 1.29 is 43.4 Å². The van der Waals surface area contributed by atoms with Crippen molar-refractivity contribution >= 4 is 35.6 Å². The van der Waals surface area contributed by atoms with Gasteiger partial charge in [-0.25, -0.2) is 10.3 Å². The fourth-order valence-corrected chi connectivity index (χ4v) is 5.69. The molecule has 3 aromatic rings. The van der Waals surface area contributed by atoms with E-state index < -0.39 is 71.9 Å². The van der Waals surface area contributed by atoms with Crippen LogP contribution in [0, 0.1) is 0 Å². The van der Waals surface area contributed by atoms with Crippen LogP contribution in [0.15, 0.2) is 84.9 Å². The Hall–Kier alpha value is -5.96. The predicted octanol–water partition coefficient (Wildman–Crippen LogP) is 2.68. The Labute approximate surface area is 314 Å². The second kappa shape index (κ2) is 19.2. The topological polar surface area (TPSA) is 204 Å². The first-order valence-corrected chi connectivity index (χ1v) is 17.7. The number of rotatable bonds is 15. The molecule has 4 atom stereocenters. The Bertz CT molecular complexity index is 1750. The van der Waals surface area contributed by atoms with Crippen LogP contribution in [0.5, 0.6) is 5.75 Å². The summed E-state index contributed by atoms with van der Waals surface area (Å²) in [6.45, 7) is 6.88. The van der Waals surface area contributed by atoms with Gasteiger partial charge in [-0.2, -0.15) is 0 Å². The minimum Gasteiger partial charge on any atom is -0.489 e. The molecule has 3 aromatic carbocycles. The lowest BCUT2D eigenvalue weighted by atomic mass is 10.0. The third kappa shape index (κ3) is 12.3. The van der Waals surface area contributed by atoms with Crippen LogP contribution in [0.4, 0.5) is 4.79 Å². The van der Waals surface area contributed by atoms with Gasteiger partial charge in [-0.15, -0.1) is 0 Å².